The van der Waals surface area contributed by atoms with Crippen molar-refractivity contribution in [2.75, 3.05) is 7.11 Å². The second-order valence-corrected chi connectivity index (χ2v) is 5.73. The number of rotatable bonds is 1. The second kappa shape index (κ2) is 4.15. The second-order valence-electron chi connectivity index (χ2n) is 5.73. The minimum atomic E-state index is -0.157. The summed E-state index contributed by atoms with van der Waals surface area (Å²) in [5, 5.41) is 0. The van der Waals surface area contributed by atoms with Crippen molar-refractivity contribution in [1.82, 2.24) is 4.57 Å². The lowest BCUT2D eigenvalue weighted by Gasteiger charge is -2.26. The molecular weight excluding hydrogens is 226 g/mol. The lowest BCUT2D eigenvalue weighted by Crippen LogP contribution is -2.16. The third kappa shape index (κ3) is 1.46. The highest BCUT2D eigenvalue weighted by Gasteiger charge is 2.40. The van der Waals surface area contributed by atoms with Crippen molar-refractivity contribution in [1.29, 1.82) is 0 Å². The van der Waals surface area contributed by atoms with Crippen LogP contribution in [0.15, 0.2) is 0 Å². The van der Waals surface area contributed by atoms with Crippen molar-refractivity contribution >= 4 is 5.97 Å². The molecule has 3 nitrogen and oxygen atoms in total. The van der Waals surface area contributed by atoms with Gasteiger partial charge in [0.2, 0.25) is 0 Å². The standard InChI is InChI=1S/C15H21NO2/c1-9-13(15(17)18-3)14-11-7-5-4-6-10(11)8-12(14)16(9)2/h10-11H,4-8H2,1-3H3. The predicted octanol–water partition coefficient (Wildman–Crippen LogP) is 2.95. The summed E-state index contributed by atoms with van der Waals surface area (Å²) in [6, 6.07) is 0. The maximum atomic E-state index is 12.0. The first-order chi connectivity index (χ1) is 8.65. The van der Waals surface area contributed by atoms with Crippen molar-refractivity contribution in [2.45, 2.75) is 44.9 Å². The van der Waals surface area contributed by atoms with Crippen LogP contribution >= 0.6 is 0 Å². The molecule has 2 aliphatic rings. The lowest BCUT2D eigenvalue weighted by atomic mass is 9.79. The molecule has 1 aromatic rings. The van der Waals surface area contributed by atoms with E-state index in [1.165, 1.54) is 44.1 Å². The van der Waals surface area contributed by atoms with Crippen molar-refractivity contribution in [3.63, 3.8) is 0 Å². The smallest absolute Gasteiger partial charge is 0.339 e. The molecule has 3 heteroatoms. The number of hydrogen-bond donors (Lipinski definition) is 0. The van der Waals surface area contributed by atoms with Gasteiger partial charge in [0.05, 0.1) is 12.7 Å². The highest BCUT2D eigenvalue weighted by molar-refractivity contribution is 5.93. The van der Waals surface area contributed by atoms with Gasteiger partial charge in [0, 0.05) is 18.4 Å². The Hall–Kier alpha value is -1.25. The van der Waals surface area contributed by atoms with E-state index in [0.717, 1.165) is 23.6 Å². The van der Waals surface area contributed by atoms with Crippen LogP contribution in [0.2, 0.25) is 0 Å². The van der Waals surface area contributed by atoms with Crippen LogP contribution < -0.4 is 0 Å². The fourth-order valence-corrected chi connectivity index (χ4v) is 3.98. The molecule has 0 amide bonds. The van der Waals surface area contributed by atoms with Crippen LogP contribution in [0.1, 0.15) is 58.9 Å². The number of nitrogens with zero attached hydrogens (tertiary/aromatic N) is 1. The van der Waals surface area contributed by atoms with Crippen LogP contribution in [0.4, 0.5) is 0 Å². The summed E-state index contributed by atoms with van der Waals surface area (Å²) in [4.78, 5) is 12.0. The Morgan fingerprint density at radius 1 is 1.33 bits per heavy atom. The van der Waals surface area contributed by atoms with Crippen LogP contribution in [0.5, 0.6) is 0 Å². The summed E-state index contributed by atoms with van der Waals surface area (Å²) in [7, 11) is 3.56. The molecule has 3 rings (SSSR count). The first kappa shape index (κ1) is 11.8. The van der Waals surface area contributed by atoms with Gasteiger partial charge in [-0.25, -0.2) is 4.79 Å². The van der Waals surface area contributed by atoms with E-state index >= 15 is 0 Å². The third-order valence-corrected chi connectivity index (χ3v) is 4.97. The van der Waals surface area contributed by atoms with Gasteiger partial charge in [-0.05, 0) is 43.6 Å². The maximum Gasteiger partial charge on any atom is 0.339 e. The summed E-state index contributed by atoms with van der Waals surface area (Å²) in [5.41, 5.74) is 4.61. The van der Waals surface area contributed by atoms with E-state index in [9.17, 15) is 4.79 Å². The third-order valence-electron chi connectivity index (χ3n) is 4.97. The zero-order valence-corrected chi connectivity index (χ0v) is 11.5. The van der Waals surface area contributed by atoms with Gasteiger partial charge in [-0.15, -0.1) is 0 Å². The average molecular weight is 247 g/mol. The zero-order valence-electron chi connectivity index (χ0n) is 11.5. The fraction of sp³-hybridized carbons (Fsp3) is 0.667. The molecule has 1 aromatic heterocycles. The Labute approximate surface area is 108 Å². The molecule has 0 N–H and O–H groups in total. The van der Waals surface area contributed by atoms with Crippen molar-refractivity contribution in [3.05, 3.63) is 22.5 Å². The number of aromatic nitrogens is 1. The topological polar surface area (TPSA) is 31.2 Å². The minimum Gasteiger partial charge on any atom is -0.465 e. The SMILES string of the molecule is COC(=O)c1c2c(n(C)c1C)CC1CCCCC21. The van der Waals surface area contributed by atoms with Crippen molar-refractivity contribution < 1.29 is 9.53 Å². The van der Waals surface area contributed by atoms with E-state index in [2.05, 4.69) is 11.6 Å². The average Bonchev–Trinajstić information content (AvgIpc) is 2.87. The summed E-state index contributed by atoms with van der Waals surface area (Å²) in [6.07, 6.45) is 6.36. The van der Waals surface area contributed by atoms with E-state index in [1.807, 2.05) is 6.92 Å². The van der Waals surface area contributed by atoms with E-state index in [0.29, 0.717) is 5.92 Å². The highest BCUT2D eigenvalue weighted by atomic mass is 16.5. The Balaban J connectivity index is 2.13. The number of fused-ring (bicyclic) bond motifs is 3. The number of carbonyl (C=O) groups is 1. The van der Waals surface area contributed by atoms with Gasteiger partial charge < -0.3 is 9.30 Å². The molecular formula is C15H21NO2. The number of esters is 1. The maximum absolute atomic E-state index is 12.0. The van der Waals surface area contributed by atoms with Gasteiger partial charge in [-0.2, -0.15) is 0 Å². The van der Waals surface area contributed by atoms with Crippen LogP contribution in [0.3, 0.4) is 0 Å². The van der Waals surface area contributed by atoms with Gasteiger partial charge in [0.15, 0.2) is 0 Å². The summed E-state index contributed by atoms with van der Waals surface area (Å²) in [5.74, 6) is 1.21. The van der Waals surface area contributed by atoms with E-state index in [-0.39, 0.29) is 5.97 Å². The molecule has 1 saturated carbocycles. The Morgan fingerprint density at radius 3 is 2.78 bits per heavy atom. The summed E-state index contributed by atoms with van der Waals surface area (Å²) in [6.45, 7) is 2.03. The first-order valence-electron chi connectivity index (χ1n) is 6.91. The molecule has 1 heterocycles. The van der Waals surface area contributed by atoms with Crippen LogP contribution in [-0.4, -0.2) is 17.6 Å². The largest absolute Gasteiger partial charge is 0.465 e. The molecule has 1 fully saturated rings. The van der Waals surface area contributed by atoms with Crippen molar-refractivity contribution in [2.24, 2.45) is 13.0 Å². The number of ether oxygens (including phenoxy) is 1. The van der Waals surface area contributed by atoms with Crippen LogP contribution in [-0.2, 0) is 18.2 Å². The molecule has 0 aliphatic heterocycles. The Kier molecular flexibility index (Phi) is 2.72. The molecule has 2 unspecified atom stereocenters. The molecule has 98 valence electrons. The molecule has 2 aliphatic carbocycles. The van der Waals surface area contributed by atoms with E-state index in [4.69, 9.17) is 4.74 Å². The van der Waals surface area contributed by atoms with Gasteiger partial charge in [0.1, 0.15) is 0 Å². The first-order valence-corrected chi connectivity index (χ1v) is 6.91. The molecule has 0 spiro atoms. The predicted molar refractivity (Wildman–Crippen MR) is 69.9 cm³/mol. The van der Waals surface area contributed by atoms with Crippen LogP contribution in [0, 0.1) is 12.8 Å². The summed E-state index contributed by atoms with van der Waals surface area (Å²) >= 11 is 0. The van der Waals surface area contributed by atoms with E-state index < -0.39 is 0 Å². The number of hydrogen-bond acceptors (Lipinski definition) is 2. The highest BCUT2D eigenvalue weighted by Crippen LogP contribution is 2.49. The van der Waals surface area contributed by atoms with E-state index in [1.54, 1.807) is 0 Å². The molecule has 0 aromatic carbocycles. The molecule has 0 saturated heterocycles. The van der Waals surface area contributed by atoms with Gasteiger partial charge >= 0.3 is 5.97 Å². The van der Waals surface area contributed by atoms with Gasteiger partial charge in [-0.1, -0.05) is 12.8 Å². The molecule has 0 bridgehead atoms. The number of methoxy groups -OCH3 is 1. The quantitative estimate of drug-likeness (QED) is 0.714. The molecule has 18 heavy (non-hydrogen) atoms. The minimum absolute atomic E-state index is 0.157. The molecule has 0 radical (unpaired) electrons. The van der Waals surface area contributed by atoms with Crippen LogP contribution in [0.25, 0.3) is 0 Å². The monoisotopic (exact) mass is 247 g/mol. The number of carbonyl (C=O) groups excluding carboxylic acids is 1. The van der Waals surface area contributed by atoms with Gasteiger partial charge in [-0.3, -0.25) is 0 Å². The summed E-state index contributed by atoms with van der Waals surface area (Å²) < 4.78 is 7.19. The Bertz CT molecular complexity index is 501. The van der Waals surface area contributed by atoms with Gasteiger partial charge in [0.25, 0.3) is 0 Å². The Morgan fingerprint density at radius 2 is 2.06 bits per heavy atom. The zero-order chi connectivity index (χ0) is 12.9. The normalized spacial score (nSPS) is 25.7. The lowest BCUT2D eigenvalue weighted by molar-refractivity contribution is 0.0597. The van der Waals surface area contributed by atoms with Crippen molar-refractivity contribution in [3.8, 4) is 0 Å². The fourth-order valence-electron chi connectivity index (χ4n) is 3.98. The molecule has 2 atom stereocenters.